The topological polar surface area (TPSA) is 46.8 Å². The summed E-state index contributed by atoms with van der Waals surface area (Å²) in [6, 6.07) is 10.3. The molecule has 3 aromatic rings. The van der Waals surface area contributed by atoms with E-state index in [1.54, 1.807) is 0 Å². The number of nitrogens with zero attached hydrogens (tertiary/aromatic N) is 5. The Balaban J connectivity index is 1.82. The zero-order valence-corrected chi connectivity index (χ0v) is 15.5. The molecule has 1 aliphatic heterocycles. The van der Waals surface area contributed by atoms with E-state index in [4.69, 9.17) is 15.1 Å². The smallest absolute Gasteiger partial charge is 0.158 e. The van der Waals surface area contributed by atoms with Crippen LogP contribution in [0.2, 0.25) is 0 Å². The van der Waals surface area contributed by atoms with Gasteiger partial charge in [0.2, 0.25) is 0 Å². The summed E-state index contributed by atoms with van der Waals surface area (Å²) in [6.07, 6.45) is 8.53. The van der Waals surface area contributed by atoms with E-state index in [9.17, 15) is 0 Å². The monoisotopic (exact) mass is 347 g/mol. The summed E-state index contributed by atoms with van der Waals surface area (Å²) >= 11 is 0. The highest BCUT2D eigenvalue weighted by atomic mass is 15.3. The number of benzene rings is 1. The zero-order valence-electron chi connectivity index (χ0n) is 15.5. The molecule has 1 fully saturated rings. The van der Waals surface area contributed by atoms with E-state index in [1.165, 1.54) is 12.8 Å². The van der Waals surface area contributed by atoms with Gasteiger partial charge in [0, 0.05) is 20.1 Å². The number of hydrogen-bond donors (Lipinski definition) is 0. The Labute approximate surface area is 154 Å². The van der Waals surface area contributed by atoms with Gasteiger partial charge in [0.25, 0.3) is 0 Å². The van der Waals surface area contributed by atoms with Crippen LogP contribution in [0.25, 0.3) is 23.2 Å². The van der Waals surface area contributed by atoms with Crippen molar-refractivity contribution in [1.29, 1.82) is 0 Å². The fraction of sp³-hybridized carbons (Fsp3) is 0.381. The Morgan fingerprint density at radius 1 is 1.04 bits per heavy atom. The van der Waals surface area contributed by atoms with Gasteiger partial charge in [-0.3, -0.25) is 4.68 Å². The molecular weight excluding hydrogens is 322 g/mol. The molecule has 0 amide bonds. The number of anilines is 1. The molecule has 1 aliphatic rings. The molecule has 0 spiro atoms. The average Bonchev–Trinajstić information content (AvgIpc) is 3.30. The fourth-order valence-corrected chi connectivity index (χ4v) is 3.60. The van der Waals surface area contributed by atoms with Crippen LogP contribution in [0.1, 0.15) is 43.3 Å². The number of aryl methyl sites for hydroxylation is 2. The summed E-state index contributed by atoms with van der Waals surface area (Å²) in [5.74, 6) is 1.78. The van der Waals surface area contributed by atoms with Crippen molar-refractivity contribution in [3.63, 3.8) is 0 Å². The van der Waals surface area contributed by atoms with Crippen molar-refractivity contribution >= 4 is 29.0 Å². The summed E-state index contributed by atoms with van der Waals surface area (Å²) in [4.78, 5) is 12.1. The van der Waals surface area contributed by atoms with Gasteiger partial charge < -0.3 is 4.90 Å². The second-order valence-corrected chi connectivity index (χ2v) is 6.86. The van der Waals surface area contributed by atoms with Crippen molar-refractivity contribution in [3.8, 4) is 0 Å². The van der Waals surface area contributed by atoms with Crippen LogP contribution < -0.4 is 4.90 Å². The molecule has 2 aromatic heterocycles. The normalized spacial score (nSPS) is 14.8. The van der Waals surface area contributed by atoms with E-state index < -0.39 is 0 Å². The summed E-state index contributed by atoms with van der Waals surface area (Å²) < 4.78 is 1.96. The molecule has 134 valence electrons. The van der Waals surface area contributed by atoms with Gasteiger partial charge in [-0.1, -0.05) is 49.8 Å². The van der Waals surface area contributed by atoms with Crippen LogP contribution in [-0.4, -0.2) is 32.8 Å². The van der Waals surface area contributed by atoms with Gasteiger partial charge in [0.15, 0.2) is 11.6 Å². The van der Waals surface area contributed by atoms with Crippen LogP contribution in [0.3, 0.4) is 0 Å². The van der Waals surface area contributed by atoms with E-state index in [2.05, 4.69) is 30.0 Å². The molecule has 0 bridgehead atoms. The molecule has 0 saturated carbocycles. The molecule has 5 heteroatoms. The molecule has 4 rings (SSSR count). The Kier molecular flexibility index (Phi) is 4.69. The summed E-state index contributed by atoms with van der Waals surface area (Å²) in [6.45, 7) is 4.30. The first kappa shape index (κ1) is 16.8. The van der Waals surface area contributed by atoms with E-state index in [1.807, 2.05) is 36.0 Å². The minimum absolute atomic E-state index is 0.758. The first-order valence-electron chi connectivity index (χ1n) is 9.48. The van der Waals surface area contributed by atoms with Crippen molar-refractivity contribution in [3.05, 3.63) is 47.4 Å². The largest absolute Gasteiger partial charge is 0.355 e. The Bertz CT molecular complexity index is 920. The molecule has 0 radical (unpaired) electrons. The molecular formula is C21H25N5. The minimum Gasteiger partial charge on any atom is -0.355 e. The second-order valence-electron chi connectivity index (χ2n) is 6.86. The minimum atomic E-state index is 0.758. The molecule has 26 heavy (non-hydrogen) atoms. The summed E-state index contributed by atoms with van der Waals surface area (Å²) in [7, 11) is 2.00. The van der Waals surface area contributed by atoms with Crippen LogP contribution in [-0.2, 0) is 13.5 Å². The van der Waals surface area contributed by atoms with E-state index in [0.29, 0.717) is 0 Å². The Morgan fingerprint density at radius 2 is 1.81 bits per heavy atom. The first-order valence-corrected chi connectivity index (χ1v) is 9.48. The Morgan fingerprint density at radius 3 is 2.54 bits per heavy atom. The molecule has 1 aromatic carbocycles. The van der Waals surface area contributed by atoms with Crippen LogP contribution in [0.15, 0.2) is 30.3 Å². The molecule has 0 atom stereocenters. The summed E-state index contributed by atoms with van der Waals surface area (Å²) in [5.41, 5.74) is 4.28. The van der Waals surface area contributed by atoms with Gasteiger partial charge in [-0.15, -0.1) is 0 Å². The molecule has 0 aliphatic carbocycles. The van der Waals surface area contributed by atoms with Crippen LogP contribution in [0.4, 0.5) is 5.82 Å². The van der Waals surface area contributed by atoms with Crippen molar-refractivity contribution in [2.75, 3.05) is 18.0 Å². The standard InChI is InChI=1S/C21H25N5/c1-3-9-17-19-20(25(2)24-17)21(26-14-7-8-15-26)23-18(22-19)13-12-16-10-5-4-6-11-16/h4-6,10-13H,3,7-9,14-15H2,1-2H3/b13-12+. The van der Waals surface area contributed by atoms with Crippen LogP contribution >= 0.6 is 0 Å². The average molecular weight is 347 g/mol. The quantitative estimate of drug-likeness (QED) is 0.697. The number of fused-ring (bicyclic) bond motifs is 1. The lowest BCUT2D eigenvalue weighted by atomic mass is 10.2. The van der Waals surface area contributed by atoms with Crippen molar-refractivity contribution < 1.29 is 0 Å². The van der Waals surface area contributed by atoms with Crippen LogP contribution in [0, 0.1) is 0 Å². The second kappa shape index (κ2) is 7.28. The third-order valence-electron chi connectivity index (χ3n) is 4.87. The maximum Gasteiger partial charge on any atom is 0.158 e. The molecule has 3 heterocycles. The van der Waals surface area contributed by atoms with E-state index >= 15 is 0 Å². The number of rotatable bonds is 5. The van der Waals surface area contributed by atoms with Gasteiger partial charge >= 0.3 is 0 Å². The van der Waals surface area contributed by atoms with Gasteiger partial charge in [0.05, 0.1) is 5.69 Å². The number of aromatic nitrogens is 4. The maximum absolute atomic E-state index is 4.90. The zero-order chi connectivity index (χ0) is 17.9. The first-order chi connectivity index (χ1) is 12.8. The maximum atomic E-state index is 4.90. The van der Waals surface area contributed by atoms with E-state index in [-0.39, 0.29) is 0 Å². The van der Waals surface area contributed by atoms with Gasteiger partial charge in [-0.25, -0.2) is 9.97 Å². The van der Waals surface area contributed by atoms with Gasteiger partial charge in [-0.05, 0) is 30.9 Å². The summed E-state index contributed by atoms with van der Waals surface area (Å²) in [5, 5.41) is 4.73. The Hall–Kier alpha value is -2.69. The molecule has 0 unspecified atom stereocenters. The van der Waals surface area contributed by atoms with Gasteiger partial charge in [0.1, 0.15) is 11.0 Å². The predicted octanol–water partition coefficient (Wildman–Crippen LogP) is 4.09. The lowest BCUT2D eigenvalue weighted by Crippen LogP contribution is -2.20. The molecule has 1 saturated heterocycles. The van der Waals surface area contributed by atoms with Gasteiger partial charge in [-0.2, -0.15) is 5.10 Å². The highest BCUT2D eigenvalue weighted by Gasteiger charge is 2.22. The predicted molar refractivity (Wildman–Crippen MR) is 107 cm³/mol. The SMILES string of the molecule is CCCc1nn(C)c2c(N3CCCC3)nc(/C=C/c3ccccc3)nc12. The molecule has 0 N–H and O–H groups in total. The van der Waals surface area contributed by atoms with Crippen molar-refractivity contribution in [2.24, 2.45) is 7.05 Å². The lowest BCUT2D eigenvalue weighted by molar-refractivity contribution is 0.750. The van der Waals surface area contributed by atoms with Crippen molar-refractivity contribution in [2.45, 2.75) is 32.6 Å². The number of hydrogen-bond acceptors (Lipinski definition) is 4. The van der Waals surface area contributed by atoms with Crippen molar-refractivity contribution in [1.82, 2.24) is 19.7 Å². The third kappa shape index (κ3) is 3.21. The lowest BCUT2D eigenvalue weighted by Gasteiger charge is -2.18. The molecule has 5 nitrogen and oxygen atoms in total. The van der Waals surface area contributed by atoms with Crippen LogP contribution in [0.5, 0.6) is 0 Å². The highest BCUT2D eigenvalue weighted by molar-refractivity contribution is 5.89. The highest BCUT2D eigenvalue weighted by Crippen LogP contribution is 2.29. The van der Waals surface area contributed by atoms with E-state index in [0.717, 1.165) is 59.9 Å². The fourth-order valence-electron chi connectivity index (χ4n) is 3.60. The third-order valence-corrected chi connectivity index (χ3v) is 4.87.